The zero-order chi connectivity index (χ0) is 17.8. The highest BCUT2D eigenvalue weighted by Gasteiger charge is 2.35. The van der Waals surface area contributed by atoms with Gasteiger partial charge in [-0.15, -0.1) is 0 Å². The van der Waals surface area contributed by atoms with Crippen molar-refractivity contribution >= 4 is 5.91 Å². The summed E-state index contributed by atoms with van der Waals surface area (Å²) in [4.78, 5) is 22.3. The Morgan fingerprint density at radius 3 is 2.58 bits per heavy atom. The average Bonchev–Trinajstić information content (AvgIpc) is 2.75. The number of carbonyl (C=O) groups excluding carboxylic acids is 1. The van der Waals surface area contributed by atoms with E-state index in [1.807, 2.05) is 18.5 Å². The number of hydrogen-bond donors (Lipinski definition) is 0. The number of likely N-dealkylation sites (tertiary alicyclic amines) is 2. The van der Waals surface area contributed by atoms with Gasteiger partial charge in [-0.05, 0) is 69.7 Å². The summed E-state index contributed by atoms with van der Waals surface area (Å²) in [6.45, 7) is 4.81. The van der Waals surface area contributed by atoms with Crippen LogP contribution >= 0.6 is 0 Å². The lowest BCUT2D eigenvalue weighted by atomic mass is 9.90. The first-order valence-corrected chi connectivity index (χ1v) is 10.3. The van der Waals surface area contributed by atoms with E-state index in [1.165, 1.54) is 12.0 Å². The van der Waals surface area contributed by atoms with Gasteiger partial charge in [0.05, 0.1) is 6.04 Å². The first-order valence-electron chi connectivity index (χ1n) is 10.3. The molecule has 5 heteroatoms. The fraction of sp³-hybridized carbons (Fsp3) is 0.714. The molecule has 26 heavy (non-hydrogen) atoms. The fourth-order valence-corrected chi connectivity index (χ4v) is 4.91. The predicted octanol–water partition coefficient (Wildman–Crippen LogP) is 3.03. The van der Waals surface area contributed by atoms with Crippen LogP contribution in [0.3, 0.4) is 0 Å². The average molecular weight is 357 g/mol. The minimum Gasteiger partial charge on any atom is -0.381 e. The van der Waals surface area contributed by atoms with Crippen LogP contribution in [0.1, 0.15) is 56.6 Å². The minimum atomic E-state index is 0.198. The van der Waals surface area contributed by atoms with Crippen molar-refractivity contribution in [2.75, 3.05) is 32.8 Å². The molecule has 0 spiro atoms. The Kier molecular flexibility index (Phi) is 5.85. The van der Waals surface area contributed by atoms with Crippen molar-refractivity contribution in [3.05, 3.63) is 30.1 Å². The van der Waals surface area contributed by atoms with Crippen LogP contribution in [0, 0.1) is 5.92 Å². The molecule has 5 nitrogen and oxygen atoms in total. The number of carbonyl (C=O) groups is 1. The zero-order valence-corrected chi connectivity index (χ0v) is 15.7. The summed E-state index contributed by atoms with van der Waals surface area (Å²) in [6, 6.07) is 4.99. The summed E-state index contributed by atoms with van der Waals surface area (Å²) in [5.74, 6) is 0.577. The van der Waals surface area contributed by atoms with E-state index in [-0.39, 0.29) is 12.0 Å². The maximum atomic E-state index is 13.3. The van der Waals surface area contributed by atoms with Crippen molar-refractivity contribution in [1.82, 2.24) is 14.8 Å². The molecule has 1 aromatic rings. The lowest BCUT2D eigenvalue weighted by Gasteiger charge is -2.42. The van der Waals surface area contributed by atoms with Gasteiger partial charge in [-0.2, -0.15) is 0 Å². The van der Waals surface area contributed by atoms with Crippen LogP contribution in [0.5, 0.6) is 0 Å². The number of nitrogens with zero attached hydrogens (tertiary/aromatic N) is 3. The molecular weight excluding hydrogens is 326 g/mol. The second kappa shape index (κ2) is 8.49. The van der Waals surface area contributed by atoms with Crippen molar-refractivity contribution in [3.8, 4) is 0 Å². The van der Waals surface area contributed by atoms with E-state index >= 15 is 0 Å². The SMILES string of the molecule is O=C(C1CCN(C2CCOCC2)CC1)N1CCCC[C@H]1c1cccnc1. The van der Waals surface area contributed by atoms with Crippen LogP contribution in [0.15, 0.2) is 24.5 Å². The van der Waals surface area contributed by atoms with Crippen molar-refractivity contribution in [2.24, 2.45) is 5.92 Å². The molecule has 0 unspecified atom stereocenters. The Hall–Kier alpha value is -1.46. The summed E-state index contributed by atoms with van der Waals surface area (Å²) in [5, 5.41) is 0. The van der Waals surface area contributed by atoms with Crippen LogP contribution in [0.4, 0.5) is 0 Å². The smallest absolute Gasteiger partial charge is 0.226 e. The summed E-state index contributed by atoms with van der Waals surface area (Å²) < 4.78 is 5.49. The fourth-order valence-electron chi connectivity index (χ4n) is 4.91. The standard InChI is InChI=1S/C21H31N3O2/c25-21(17-6-12-23(13-7-17)19-8-14-26-15-9-19)24-11-2-1-5-20(24)18-4-3-10-22-16-18/h3-4,10,16-17,19-20H,1-2,5-9,11-15H2/t20-/m0/s1. The van der Waals surface area contributed by atoms with E-state index in [9.17, 15) is 4.79 Å². The normalized spacial score (nSPS) is 26.8. The molecule has 1 atom stereocenters. The third-order valence-corrected chi connectivity index (χ3v) is 6.44. The highest BCUT2D eigenvalue weighted by atomic mass is 16.5. The van der Waals surface area contributed by atoms with Crippen molar-refractivity contribution in [1.29, 1.82) is 0 Å². The number of piperidine rings is 2. The van der Waals surface area contributed by atoms with Crippen molar-refractivity contribution in [2.45, 2.75) is 57.0 Å². The number of amides is 1. The Morgan fingerprint density at radius 1 is 1.04 bits per heavy atom. The molecule has 3 aliphatic rings. The van der Waals surface area contributed by atoms with Gasteiger partial charge in [-0.3, -0.25) is 9.78 Å². The Morgan fingerprint density at radius 2 is 1.85 bits per heavy atom. The zero-order valence-electron chi connectivity index (χ0n) is 15.7. The number of aromatic nitrogens is 1. The van der Waals surface area contributed by atoms with Crippen LogP contribution < -0.4 is 0 Å². The van der Waals surface area contributed by atoms with E-state index in [1.54, 1.807) is 0 Å². The van der Waals surface area contributed by atoms with Gasteiger partial charge in [-0.1, -0.05) is 6.07 Å². The first-order chi connectivity index (χ1) is 12.8. The third kappa shape index (κ3) is 3.94. The monoisotopic (exact) mass is 357 g/mol. The number of ether oxygens (including phenoxy) is 1. The lowest BCUT2D eigenvalue weighted by Crippen LogP contribution is -2.48. The molecule has 0 aromatic carbocycles. The molecule has 3 aliphatic heterocycles. The molecule has 3 fully saturated rings. The number of pyridine rings is 1. The number of rotatable bonds is 3. The van der Waals surface area contributed by atoms with Gasteiger partial charge >= 0.3 is 0 Å². The molecule has 0 radical (unpaired) electrons. The predicted molar refractivity (Wildman–Crippen MR) is 101 cm³/mol. The Balaban J connectivity index is 1.37. The summed E-state index contributed by atoms with van der Waals surface area (Å²) in [7, 11) is 0. The molecule has 4 rings (SSSR count). The third-order valence-electron chi connectivity index (χ3n) is 6.44. The number of hydrogen-bond acceptors (Lipinski definition) is 4. The molecule has 1 amide bonds. The largest absolute Gasteiger partial charge is 0.381 e. The molecule has 0 saturated carbocycles. The van der Waals surface area contributed by atoms with Crippen LogP contribution in [0.2, 0.25) is 0 Å². The van der Waals surface area contributed by atoms with Crippen LogP contribution in [0.25, 0.3) is 0 Å². The van der Waals surface area contributed by atoms with Gasteiger partial charge in [0.25, 0.3) is 0 Å². The lowest BCUT2D eigenvalue weighted by molar-refractivity contribution is -0.141. The molecule has 0 N–H and O–H groups in total. The van der Waals surface area contributed by atoms with Crippen LogP contribution in [-0.4, -0.2) is 59.6 Å². The van der Waals surface area contributed by atoms with E-state index in [4.69, 9.17) is 4.74 Å². The second-order valence-electron chi connectivity index (χ2n) is 7.98. The van der Waals surface area contributed by atoms with Crippen molar-refractivity contribution < 1.29 is 9.53 Å². The summed E-state index contributed by atoms with van der Waals surface area (Å²) >= 11 is 0. The molecule has 0 aliphatic carbocycles. The van der Waals surface area contributed by atoms with Gasteiger partial charge in [0.15, 0.2) is 0 Å². The summed E-state index contributed by atoms with van der Waals surface area (Å²) in [5.41, 5.74) is 1.19. The Bertz CT molecular complexity index is 580. The van der Waals surface area contributed by atoms with Gasteiger partial charge in [0.2, 0.25) is 5.91 Å². The van der Waals surface area contributed by atoms with E-state index in [0.717, 1.165) is 71.4 Å². The molecule has 142 valence electrons. The molecule has 4 heterocycles. The highest BCUT2D eigenvalue weighted by Crippen LogP contribution is 2.33. The maximum Gasteiger partial charge on any atom is 0.226 e. The first kappa shape index (κ1) is 17.9. The molecule has 3 saturated heterocycles. The quantitative estimate of drug-likeness (QED) is 0.834. The molecule has 0 bridgehead atoms. The molecular formula is C21H31N3O2. The topological polar surface area (TPSA) is 45.7 Å². The van der Waals surface area contributed by atoms with Gasteiger partial charge in [0.1, 0.15) is 0 Å². The highest BCUT2D eigenvalue weighted by molar-refractivity contribution is 5.79. The van der Waals surface area contributed by atoms with E-state index < -0.39 is 0 Å². The van der Waals surface area contributed by atoms with Gasteiger partial charge in [-0.25, -0.2) is 0 Å². The van der Waals surface area contributed by atoms with E-state index in [2.05, 4.69) is 20.9 Å². The van der Waals surface area contributed by atoms with Gasteiger partial charge < -0.3 is 14.5 Å². The molecule has 1 aromatic heterocycles. The van der Waals surface area contributed by atoms with E-state index in [0.29, 0.717) is 11.9 Å². The second-order valence-corrected chi connectivity index (χ2v) is 7.98. The maximum absolute atomic E-state index is 13.3. The Labute approximate surface area is 156 Å². The van der Waals surface area contributed by atoms with Gasteiger partial charge in [0, 0.05) is 44.1 Å². The van der Waals surface area contributed by atoms with Crippen LogP contribution in [-0.2, 0) is 9.53 Å². The summed E-state index contributed by atoms with van der Waals surface area (Å²) in [6.07, 6.45) is 11.4. The van der Waals surface area contributed by atoms with Crippen molar-refractivity contribution in [3.63, 3.8) is 0 Å². The minimum absolute atomic E-state index is 0.198.